The highest BCUT2D eigenvalue weighted by molar-refractivity contribution is 7.99. The van der Waals surface area contributed by atoms with E-state index < -0.39 is 0 Å². The van der Waals surface area contributed by atoms with E-state index in [4.69, 9.17) is 0 Å². The lowest BCUT2D eigenvalue weighted by Gasteiger charge is -2.06. The van der Waals surface area contributed by atoms with Crippen molar-refractivity contribution >= 4 is 17.7 Å². The molecular formula is C16H15F2NOS. The molecule has 0 unspecified atom stereocenters. The lowest BCUT2D eigenvalue weighted by Crippen LogP contribution is -2.22. The van der Waals surface area contributed by atoms with Gasteiger partial charge in [-0.15, -0.1) is 11.8 Å². The maximum atomic E-state index is 13.4. The van der Waals surface area contributed by atoms with Crippen molar-refractivity contribution in [2.75, 3.05) is 5.75 Å². The number of nitrogens with one attached hydrogen (secondary N) is 1. The average molecular weight is 307 g/mol. The van der Waals surface area contributed by atoms with Crippen molar-refractivity contribution < 1.29 is 13.6 Å². The first-order chi connectivity index (χ1) is 10.1. The monoisotopic (exact) mass is 307 g/mol. The fourth-order valence-electron chi connectivity index (χ4n) is 1.71. The minimum absolute atomic E-state index is 0.108. The van der Waals surface area contributed by atoms with Crippen molar-refractivity contribution in [1.29, 1.82) is 0 Å². The second-order valence-corrected chi connectivity index (χ2v) is 5.57. The summed E-state index contributed by atoms with van der Waals surface area (Å²) in [5, 5.41) is 2.75. The fourth-order valence-corrected chi connectivity index (χ4v) is 2.59. The van der Waals surface area contributed by atoms with Crippen LogP contribution in [0.15, 0.2) is 53.4 Å². The molecule has 0 fully saturated rings. The number of hydrogen-bond donors (Lipinski definition) is 1. The predicted octanol–water partition coefficient (Wildman–Crippen LogP) is 3.76. The SMILES string of the molecule is O=C(CCSc1ccccc1F)NCc1ccc(F)cc1. The Morgan fingerprint density at radius 1 is 1.05 bits per heavy atom. The molecule has 0 saturated heterocycles. The molecule has 2 aromatic rings. The Hall–Kier alpha value is -1.88. The molecule has 0 aromatic heterocycles. The van der Waals surface area contributed by atoms with E-state index >= 15 is 0 Å². The van der Waals surface area contributed by atoms with Gasteiger partial charge < -0.3 is 5.32 Å². The lowest BCUT2D eigenvalue weighted by atomic mass is 10.2. The number of thioether (sulfide) groups is 1. The summed E-state index contributed by atoms with van der Waals surface area (Å²) in [5.74, 6) is -0.167. The van der Waals surface area contributed by atoms with E-state index in [2.05, 4.69) is 5.32 Å². The highest BCUT2D eigenvalue weighted by Crippen LogP contribution is 2.21. The van der Waals surface area contributed by atoms with Gasteiger partial charge in [0.05, 0.1) is 0 Å². The van der Waals surface area contributed by atoms with Crippen LogP contribution in [0.25, 0.3) is 0 Å². The summed E-state index contributed by atoms with van der Waals surface area (Å²) in [4.78, 5) is 12.2. The second-order valence-electron chi connectivity index (χ2n) is 4.43. The minimum atomic E-state index is -0.300. The van der Waals surface area contributed by atoms with Crippen molar-refractivity contribution in [3.63, 3.8) is 0 Å². The van der Waals surface area contributed by atoms with Crippen molar-refractivity contribution in [3.05, 3.63) is 65.7 Å². The van der Waals surface area contributed by atoms with Crippen LogP contribution < -0.4 is 5.32 Å². The van der Waals surface area contributed by atoms with Crippen LogP contribution in [0.5, 0.6) is 0 Å². The highest BCUT2D eigenvalue weighted by Gasteiger charge is 2.05. The molecule has 0 heterocycles. The van der Waals surface area contributed by atoms with Gasteiger partial charge in [-0.3, -0.25) is 4.79 Å². The Morgan fingerprint density at radius 2 is 1.76 bits per heavy atom. The van der Waals surface area contributed by atoms with E-state index in [-0.39, 0.29) is 17.5 Å². The number of rotatable bonds is 6. The summed E-state index contributed by atoms with van der Waals surface area (Å²) in [7, 11) is 0. The molecule has 1 N–H and O–H groups in total. The third-order valence-electron chi connectivity index (χ3n) is 2.83. The quantitative estimate of drug-likeness (QED) is 0.823. The van der Waals surface area contributed by atoms with Gasteiger partial charge in [-0.25, -0.2) is 8.78 Å². The number of carbonyl (C=O) groups excluding carboxylic acids is 1. The van der Waals surface area contributed by atoms with Crippen LogP contribution in [0.2, 0.25) is 0 Å². The Bertz CT molecular complexity index is 601. The zero-order chi connectivity index (χ0) is 15.1. The molecule has 0 saturated carbocycles. The molecule has 0 atom stereocenters. The van der Waals surface area contributed by atoms with E-state index in [1.54, 1.807) is 30.3 Å². The van der Waals surface area contributed by atoms with E-state index in [0.717, 1.165) is 5.56 Å². The van der Waals surface area contributed by atoms with Gasteiger partial charge in [0.25, 0.3) is 0 Å². The van der Waals surface area contributed by atoms with Gasteiger partial charge in [0.2, 0.25) is 5.91 Å². The van der Waals surface area contributed by atoms with Crippen LogP contribution in [-0.2, 0) is 11.3 Å². The second kappa shape index (κ2) is 7.78. The Kier molecular flexibility index (Phi) is 5.75. The third-order valence-corrected chi connectivity index (χ3v) is 3.88. The molecule has 21 heavy (non-hydrogen) atoms. The zero-order valence-electron chi connectivity index (χ0n) is 11.3. The summed E-state index contributed by atoms with van der Waals surface area (Å²) in [6.45, 7) is 0.365. The van der Waals surface area contributed by atoms with Crippen molar-refractivity contribution in [1.82, 2.24) is 5.32 Å². The van der Waals surface area contributed by atoms with Crippen LogP contribution in [0.1, 0.15) is 12.0 Å². The number of benzene rings is 2. The van der Waals surface area contributed by atoms with Crippen LogP contribution in [0.4, 0.5) is 8.78 Å². The van der Waals surface area contributed by atoms with Gasteiger partial charge in [-0.05, 0) is 29.8 Å². The Labute approximate surface area is 126 Å². The molecule has 0 aliphatic heterocycles. The number of carbonyl (C=O) groups is 1. The van der Waals surface area contributed by atoms with E-state index in [0.29, 0.717) is 23.6 Å². The Morgan fingerprint density at radius 3 is 2.48 bits per heavy atom. The lowest BCUT2D eigenvalue weighted by molar-refractivity contribution is -0.120. The first-order valence-corrected chi connectivity index (χ1v) is 7.52. The molecule has 2 nitrogen and oxygen atoms in total. The van der Waals surface area contributed by atoms with Crippen molar-refractivity contribution in [2.24, 2.45) is 0 Å². The van der Waals surface area contributed by atoms with Gasteiger partial charge in [-0.1, -0.05) is 24.3 Å². The van der Waals surface area contributed by atoms with E-state index in [1.807, 2.05) is 0 Å². The van der Waals surface area contributed by atoms with Crippen LogP contribution >= 0.6 is 11.8 Å². The number of halogens is 2. The topological polar surface area (TPSA) is 29.1 Å². The first-order valence-electron chi connectivity index (χ1n) is 6.53. The van der Waals surface area contributed by atoms with Gasteiger partial charge in [0.1, 0.15) is 11.6 Å². The number of amides is 1. The molecule has 5 heteroatoms. The van der Waals surface area contributed by atoms with E-state index in [9.17, 15) is 13.6 Å². The fraction of sp³-hybridized carbons (Fsp3) is 0.188. The summed E-state index contributed by atoms with van der Waals surface area (Å²) in [5.41, 5.74) is 0.839. The third kappa shape index (κ3) is 5.19. The van der Waals surface area contributed by atoms with Gasteiger partial charge in [-0.2, -0.15) is 0 Å². The maximum absolute atomic E-state index is 13.4. The van der Waals surface area contributed by atoms with Gasteiger partial charge in [0.15, 0.2) is 0 Å². The smallest absolute Gasteiger partial charge is 0.221 e. The summed E-state index contributed by atoms with van der Waals surface area (Å²) >= 11 is 1.31. The molecule has 0 aliphatic carbocycles. The molecule has 0 aliphatic rings. The predicted molar refractivity (Wildman–Crippen MR) is 80.0 cm³/mol. The zero-order valence-corrected chi connectivity index (χ0v) is 12.1. The highest BCUT2D eigenvalue weighted by atomic mass is 32.2. The molecular weight excluding hydrogens is 292 g/mol. The first kappa shape index (κ1) is 15.5. The Balaban J connectivity index is 1.70. The van der Waals surface area contributed by atoms with Crippen LogP contribution in [0, 0.1) is 11.6 Å². The van der Waals surface area contributed by atoms with Gasteiger partial charge >= 0.3 is 0 Å². The normalized spacial score (nSPS) is 10.4. The number of hydrogen-bond acceptors (Lipinski definition) is 2. The van der Waals surface area contributed by atoms with Crippen molar-refractivity contribution in [3.8, 4) is 0 Å². The molecule has 110 valence electrons. The largest absolute Gasteiger partial charge is 0.352 e. The van der Waals surface area contributed by atoms with Crippen LogP contribution in [0.3, 0.4) is 0 Å². The molecule has 0 radical (unpaired) electrons. The molecule has 0 bridgehead atoms. The molecule has 1 amide bonds. The molecule has 0 spiro atoms. The van der Waals surface area contributed by atoms with Crippen molar-refractivity contribution in [2.45, 2.75) is 17.9 Å². The summed E-state index contributed by atoms with van der Waals surface area (Å²) < 4.78 is 26.1. The van der Waals surface area contributed by atoms with Gasteiger partial charge in [0, 0.05) is 23.6 Å². The summed E-state index contributed by atoms with van der Waals surface area (Å²) in [6.07, 6.45) is 0.306. The maximum Gasteiger partial charge on any atom is 0.221 e. The molecule has 2 aromatic carbocycles. The standard InChI is InChI=1S/C16H15F2NOS/c17-13-7-5-12(6-8-13)11-19-16(20)9-10-21-15-4-2-1-3-14(15)18/h1-8H,9-11H2,(H,19,20). The average Bonchev–Trinajstić information content (AvgIpc) is 2.49. The summed E-state index contributed by atoms with van der Waals surface area (Å²) in [6, 6.07) is 12.5. The van der Waals surface area contributed by atoms with E-state index in [1.165, 1.54) is 30.0 Å². The molecule has 2 rings (SSSR count). The van der Waals surface area contributed by atoms with Crippen LogP contribution in [-0.4, -0.2) is 11.7 Å². The minimum Gasteiger partial charge on any atom is -0.352 e.